The van der Waals surface area contributed by atoms with Crippen LogP contribution in [0.2, 0.25) is 0 Å². The lowest BCUT2D eigenvalue weighted by Crippen LogP contribution is -2.31. The third kappa shape index (κ3) is 4.93. The van der Waals surface area contributed by atoms with Crippen molar-refractivity contribution < 1.29 is 9.84 Å². The minimum atomic E-state index is -0.389. The first-order valence-corrected chi connectivity index (χ1v) is 6.22. The molecule has 0 bridgehead atoms. The number of nitrogens with zero attached hydrogens (tertiary/aromatic N) is 1. The van der Waals surface area contributed by atoms with Gasteiger partial charge in [0.2, 0.25) is 0 Å². The van der Waals surface area contributed by atoms with Crippen molar-refractivity contribution in [1.29, 1.82) is 0 Å². The number of ether oxygens (including phenoxy) is 1. The van der Waals surface area contributed by atoms with Crippen LogP contribution in [0.4, 0.5) is 5.69 Å². The molecule has 1 rings (SSSR count). The van der Waals surface area contributed by atoms with Crippen molar-refractivity contribution in [2.75, 3.05) is 39.6 Å². The van der Waals surface area contributed by atoms with Gasteiger partial charge in [0.1, 0.15) is 5.75 Å². The molecule has 0 amide bonds. The standard InChI is InChI=1S/C12H19BrN2O2/c1-15(2)8-10(16)7-14-9-4-5-11(13)12(6-9)17-3/h4-6,10,14,16H,7-8H2,1-3H3. The summed E-state index contributed by atoms with van der Waals surface area (Å²) in [6.45, 7) is 1.16. The quantitative estimate of drug-likeness (QED) is 0.841. The van der Waals surface area contributed by atoms with Gasteiger partial charge >= 0.3 is 0 Å². The molecule has 1 aromatic rings. The number of aliphatic hydroxyl groups is 1. The molecule has 0 saturated carbocycles. The maximum absolute atomic E-state index is 9.72. The van der Waals surface area contributed by atoms with Gasteiger partial charge in [-0.15, -0.1) is 0 Å². The van der Waals surface area contributed by atoms with Crippen molar-refractivity contribution >= 4 is 21.6 Å². The molecule has 0 aliphatic carbocycles. The van der Waals surface area contributed by atoms with Crippen molar-refractivity contribution in [2.45, 2.75) is 6.10 Å². The molecule has 0 aliphatic rings. The second-order valence-corrected chi connectivity index (χ2v) is 5.00. The van der Waals surface area contributed by atoms with E-state index in [0.717, 1.165) is 15.9 Å². The molecule has 0 spiro atoms. The van der Waals surface area contributed by atoms with E-state index in [0.29, 0.717) is 13.1 Å². The van der Waals surface area contributed by atoms with Gasteiger partial charge in [0.25, 0.3) is 0 Å². The maximum Gasteiger partial charge on any atom is 0.135 e. The van der Waals surface area contributed by atoms with Crippen LogP contribution in [0.25, 0.3) is 0 Å². The molecule has 0 aliphatic heterocycles. The number of nitrogens with one attached hydrogen (secondary N) is 1. The van der Waals surface area contributed by atoms with Gasteiger partial charge in [-0.2, -0.15) is 0 Å². The van der Waals surface area contributed by atoms with Crippen LogP contribution in [0.3, 0.4) is 0 Å². The molecule has 0 saturated heterocycles. The monoisotopic (exact) mass is 302 g/mol. The molecule has 0 radical (unpaired) electrons. The topological polar surface area (TPSA) is 44.7 Å². The predicted molar refractivity (Wildman–Crippen MR) is 73.7 cm³/mol. The molecule has 1 aromatic carbocycles. The third-order valence-electron chi connectivity index (χ3n) is 2.27. The van der Waals surface area contributed by atoms with Gasteiger partial charge in [-0.3, -0.25) is 0 Å². The van der Waals surface area contributed by atoms with Crippen LogP contribution in [0.5, 0.6) is 5.75 Å². The smallest absolute Gasteiger partial charge is 0.135 e. The fourth-order valence-electron chi connectivity index (χ4n) is 1.49. The predicted octanol–water partition coefficient (Wildman–Crippen LogP) is 1.79. The maximum atomic E-state index is 9.72. The van der Waals surface area contributed by atoms with E-state index in [4.69, 9.17) is 4.74 Å². The Morgan fingerprint density at radius 2 is 2.18 bits per heavy atom. The molecule has 5 heteroatoms. The number of aliphatic hydroxyl groups excluding tert-OH is 1. The second-order valence-electron chi connectivity index (χ2n) is 4.15. The average Bonchev–Trinajstić information content (AvgIpc) is 2.27. The van der Waals surface area contributed by atoms with E-state index in [9.17, 15) is 5.11 Å². The highest BCUT2D eigenvalue weighted by molar-refractivity contribution is 9.10. The highest BCUT2D eigenvalue weighted by Crippen LogP contribution is 2.27. The summed E-state index contributed by atoms with van der Waals surface area (Å²) in [4.78, 5) is 1.95. The molecule has 17 heavy (non-hydrogen) atoms. The Morgan fingerprint density at radius 3 is 2.76 bits per heavy atom. The van der Waals surface area contributed by atoms with Crippen LogP contribution in [0.1, 0.15) is 0 Å². The zero-order valence-electron chi connectivity index (χ0n) is 10.4. The number of likely N-dealkylation sites (N-methyl/N-ethyl adjacent to an activating group) is 1. The molecular weight excluding hydrogens is 284 g/mol. The SMILES string of the molecule is COc1cc(NCC(O)CN(C)C)ccc1Br. The number of rotatable bonds is 6. The summed E-state index contributed by atoms with van der Waals surface area (Å²) >= 11 is 3.39. The molecule has 0 aromatic heterocycles. The highest BCUT2D eigenvalue weighted by Gasteiger charge is 2.06. The average molecular weight is 303 g/mol. The molecule has 0 fully saturated rings. The molecular formula is C12H19BrN2O2. The number of halogens is 1. The molecule has 1 unspecified atom stereocenters. The van der Waals surface area contributed by atoms with Gasteiger partial charge in [0.15, 0.2) is 0 Å². The molecule has 4 nitrogen and oxygen atoms in total. The minimum absolute atomic E-state index is 0.389. The Balaban J connectivity index is 2.52. The highest BCUT2D eigenvalue weighted by atomic mass is 79.9. The van der Waals surface area contributed by atoms with Crippen LogP contribution in [0.15, 0.2) is 22.7 Å². The van der Waals surface area contributed by atoms with Crippen molar-refractivity contribution in [3.63, 3.8) is 0 Å². The Bertz CT molecular complexity index is 358. The van der Waals surface area contributed by atoms with Gasteiger partial charge in [0.05, 0.1) is 17.7 Å². The largest absolute Gasteiger partial charge is 0.495 e. The normalized spacial score (nSPS) is 12.6. The Morgan fingerprint density at radius 1 is 1.47 bits per heavy atom. The lowest BCUT2D eigenvalue weighted by atomic mass is 10.2. The lowest BCUT2D eigenvalue weighted by molar-refractivity contribution is 0.148. The van der Waals surface area contributed by atoms with Gasteiger partial charge < -0.3 is 20.1 Å². The van der Waals surface area contributed by atoms with Gasteiger partial charge in [-0.1, -0.05) is 0 Å². The summed E-state index contributed by atoms with van der Waals surface area (Å²) < 4.78 is 6.12. The summed E-state index contributed by atoms with van der Waals surface area (Å²) in [7, 11) is 5.50. The number of methoxy groups -OCH3 is 1. The van der Waals surface area contributed by atoms with E-state index in [-0.39, 0.29) is 6.10 Å². The fraction of sp³-hybridized carbons (Fsp3) is 0.500. The molecule has 1 atom stereocenters. The van der Waals surface area contributed by atoms with Crippen molar-refractivity contribution in [3.05, 3.63) is 22.7 Å². The van der Waals surface area contributed by atoms with Crippen LogP contribution < -0.4 is 10.1 Å². The van der Waals surface area contributed by atoms with Crippen LogP contribution >= 0.6 is 15.9 Å². The Kier molecular flexibility index (Phi) is 5.74. The molecule has 0 heterocycles. The summed E-state index contributed by atoms with van der Waals surface area (Å²) in [5, 5.41) is 12.9. The van der Waals surface area contributed by atoms with Crippen molar-refractivity contribution in [2.24, 2.45) is 0 Å². The summed E-state index contributed by atoms with van der Waals surface area (Å²) in [6.07, 6.45) is -0.389. The Labute approximate surface area is 111 Å². The first-order chi connectivity index (χ1) is 8.02. The van der Waals surface area contributed by atoms with Crippen LogP contribution in [-0.2, 0) is 0 Å². The first-order valence-electron chi connectivity index (χ1n) is 5.43. The summed E-state index contributed by atoms with van der Waals surface area (Å²) in [5.74, 6) is 0.775. The van der Waals surface area contributed by atoms with E-state index in [2.05, 4.69) is 21.2 Å². The van der Waals surface area contributed by atoms with Crippen molar-refractivity contribution in [3.8, 4) is 5.75 Å². The van der Waals surface area contributed by atoms with Crippen molar-refractivity contribution in [1.82, 2.24) is 4.90 Å². The van der Waals surface area contributed by atoms with Crippen LogP contribution in [-0.4, -0.2) is 50.4 Å². The minimum Gasteiger partial charge on any atom is -0.495 e. The Hall–Kier alpha value is -0.780. The van der Waals surface area contributed by atoms with Gasteiger partial charge in [0, 0.05) is 24.8 Å². The molecule has 96 valence electrons. The number of anilines is 1. The summed E-state index contributed by atoms with van der Waals surface area (Å²) in [5.41, 5.74) is 0.933. The zero-order valence-corrected chi connectivity index (χ0v) is 12.0. The first kappa shape index (κ1) is 14.3. The number of hydrogen-bond donors (Lipinski definition) is 2. The van der Waals surface area contributed by atoms with Crippen LogP contribution in [0, 0.1) is 0 Å². The zero-order chi connectivity index (χ0) is 12.8. The van der Waals surface area contributed by atoms with E-state index in [1.807, 2.05) is 37.2 Å². The van der Waals surface area contributed by atoms with Gasteiger partial charge in [-0.25, -0.2) is 0 Å². The van der Waals surface area contributed by atoms with Gasteiger partial charge in [-0.05, 0) is 42.2 Å². The number of benzene rings is 1. The van der Waals surface area contributed by atoms with E-state index >= 15 is 0 Å². The number of hydrogen-bond acceptors (Lipinski definition) is 4. The lowest BCUT2D eigenvalue weighted by Gasteiger charge is -2.17. The fourth-order valence-corrected chi connectivity index (χ4v) is 1.90. The summed E-state index contributed by atoms with van der Waals surface area (Å²) in [6, 6.07) is 5.75. The third-order valence-corrected chi connectivity index (χ3v) is 2.92. The van der Waals surface area contributed by atoms with E-state index in [1.165, 1.54) is 0 Å². The van der Waals surface area contributed by atoms with E-state index < -0.39 is 0 Å². The second kappa shape index (κ2) is 6.83. The molecule has 2 N–H and O–H groups in total. The van der Waals surface area contributed by atoms with E-state index in [1.54, 1.807) is 7.11 Å².